The van der Waals surface area contributed by atoms with Gasteiger partial charge in [-0.15, -0.1) is 23.2 Å². The number of halogens is 2. The van der Waals surface area contributed by atoms with Crippen molar-refractivity contribution in [3.8, 4) is 0 Å². The van der Waals surface area contributed by atoms with Gasteiger partial charge >= 0.3 is 0 Å². The van der Waals surface area contributed by atoms with E-state index in [0.717, 1.165) is 26.1 Å². The van der Waals surface area contributed by atoms with Crippen molar-refractivity contribution in [3.63, 3.8) is 0 Å². The van der Waals surface area contributed by atoms with Crippen molar-refractivity contribution in [2.75, 3.05) is 6.54 Å². The van der Waals surface area contributed by atoms with Gasteiger partial charge in [0.2, 0.25) is 0 Å². The molecule has 116 valence electrons. The number of aryl methyl sites for hydroxylation is 1. The fourth-order valence-electron chi connectivity index (χ4n) is 2.76. The molecule has 0 saturated heterocycles. The van der Waals surface area contributed by atoms with Crippen LogP contribution >= 0.6 is 23.2 Å². The van der Waals surface area contributed by atoms with Gasteiger partial charge in [0.25, 0.3) is 0 Å². The Hall–Kier alpha value is -1.02. The number of rotatable bonds is 6. The van der Waals surface area contributed by atoms with Crippen LogP contribution in [-0.2, 0) is 13.1 Å². The first-order valence-corrected chi connectivity index (χ1v) is 8.48. The summed E-state index contributed by atoms with van der Waals surface area (Å²) >= 11 is 12.4. The molecule has 1 unspecified atom stereocenters. The summed E-state index contributed by atoms with van der Waals surface area (Å²) in [6.45, 7) is 4.91. The Morgan fingerprint density at radius 3 is 2.05 bits per heavy atom. The number of alkyl halides is 2. The molecule has 0 heterocycles. The minimum atomic E-state index is -0.512. The van der Waals surface area contributed by atoms with E-state index in [-0.39, 0.29) is 0 Å². The maximum absolute atomic E-state index is 6.22. The zero-order chi connectivity index (χ0) is 15.6. The lowest BCUT2D eigenvalue weighted by atomic mass is 10.1. The third-order valence-corrected chi connectivity index (χ3v) is 5.14. The molecule has 3 heteroatoms. The Morgan fingerprint density at radius 2 is 1.50 bits per heavy atom. The van der Waals surface area contributed by atoms with Crippen molar-refractivity contribution >= 4 is 23.2 Å². The summed E-state index contributed by atoms with van der Waals surface area (Å²) < 4.78 is -0.512. The molecule has 22 heavy (non-hydrogen) atoms. The normalized spacial score (nSPS) is 19.4. The molecule has 0 aliphatic heterocycles. The molecule has 2 aromatic carbocycles. The predicted molar refractivity (Wildman–Crippen MR) is 94.3 cm³/mol. The number of hydrogen-bond donors (Lipinski definition) is 0. The summed E-state index contributed by atoms with van der Waals surface area (Å²) in [5.41, 5.74) is 3.95. The van der Waals surface area contributed by atoms with E-state index in [1.165, 1.54) is 16.7 Å². The smallest absolute Gasteiger partial charge is 0.122 e. The van der Waals surface area contributed by atoms with E-state index in [1.807, 2.05) is 0 Å². The quantitative estimate of drug-likeness (QED) is 0.657. The van der Waals surface area contributed by atoms with Crippen LogP contribution in [-0.4, -0.2) is 15.8 Å². The van der Waals surface area contributed by atoms with E-state index in [0.29, 0.717) is 5.92 Å². The van der Waals surface area contributed by atoms with Gasteiger partial charge in [0.1, 0.15) is 4.33 Å². The van der Waals surface area contributed by atoms with Gasteiger partial charge in [-0.05, 0) is 24.5 Å². The zero-order valence-electron chi connectivity index (χ0n) is 12.8. The second-order valence-electron chi connectivity index (χ2n) is 6.30. The Labute approximate surface area is 142 Å². The highest BCUT2D eigenvalue weighted by Crippen LogP contribution is 2.53. The van der Waals surface area contributed by atoms with E-state index < -0.39 is 4.33 Å². The molecule has 1 aliphatic rings. The van der Waals surface area contributed by atoms with Crippen molar-refractivity contribution in [2.24, 2.45) is 5.92 Å². The average molecular weight is 334 g/mol. The lowest BCUT2D eigenvalue weighted by Crippen LogP contribution is -2.26. The maximum Gasteiger partial charge on any atom is 0.122 e. The molecule has 0 amide bonds. The molecular formula is C19H21Cl2N. The van der Waals surface area contributed by atoms with Crippen LogP contribution in [0.1, 0.15) is 23.1 Å². The molecule has 0 N–H and O–H groups in total. The summed E-state index contributed by atoms with van der Waals surface area (Å²) in [6.07, 6.45) is 0.898. The van der Waals surface area contributed by atoms with Crippen molar-refractivity contribution in [3.05, 3.63) is 71.3 Å². The number of hydrogen-bond acceptors (Lipinski definition) is 1. The first-order valence-electron chi connectivity index (χ1n) is 7.72. The predicted octanol–water partition coefficient (Wildman–Crippen LogP) is 5.19. The SMILES string of the molecule is Cc1ccc(CN(Cc2ccccc2)CC2CC2(Cl)Cl)cc1. The van der Waals surface area contributed by atoms with Crippen molar-refractivity contribution < 1.29 is 0 Å². The number of nitrogens with zero attached hydrogens (tertiary/aromatic N) is 1. The molecule has 0 spiro atoms. The highest BCUT2D eigenvalue weighted by molar-refractivity contribution is 6.50. The summed E-state index contributed by atoms with van der Waals surface area (Å²) in [4.78, 5) is 2.44. The van der Waals surface area contributed by atoms with Gasteiger partial charge in [-0.3, -0.25) is 4.90 Å². The van der Waals surface area contributed by atoms with E-state index in [9.17, 15) is 0 Å². The molecule has 0 radical (unpaired) electrons. The fraction of sp³-hybridized carbons (Fsp3) is 0.368. The van der Waals surface area contributed by atoms with Crippen LogP contribution in [0.3, 0.4) is 0 Å². The Morgan fingerprint density at radius 1 is 0.955 bits per heavy atom. The van der Waals surface area contributed by atoms with Gasteiger partial charge in [0, 0.05) is 25.6 Å². The monoisotopic (exact) mass is 333 g/mol. The van der Waals surface area contributed by atoms with Crippen LogP contribution in [0.25, 0.3) is 0 Å². The molecule has 0 aromatic heterocycles. The van der Waals surface area contributed by atoms with Gasteiger partial charge in [0.15, 0.2) is 0 Å². The lowest BCUT2D eigenvalue weighted by molar-refractivity contribution is 0.245. The van der Waals surface area contributed by atoms with E-state index in [1.54, 1.807) is 0 Å². The van der Waals surface area contributed by atoms with Crippen LogP contribution in [0.2, 0.25) is 0 Å². The van der Waals surface area contributed by atoms with Crippen molar-refractivity contribution in [2.45, 2.75) is 30.8 Å². The largest absolute Gasteiger partial charge is 0.294 e. The van der Waals surface area contributed by atoms with Gasteiger partial charge in [-0.2, -0.15) is 0 Å². The first-order chi connectivity index (χ1) is 10.5. The van der Waals surface area contributed by atoms with Gasteiger partial charge in [-0.25, -0.2) is 0 Å². The summed E-state index contributed by atoms with van der Waals surface area (Å²) in [6, 6.07) is 19.3. The molecular weight excluding hydrogens is 313 g/mol. The lowest BCUT2D eigenvalue weighted by Gasteiger charge is -2.23. The standard InChI is InChI=1S/C19H21Cl2N/c1-15-7-9-17(10-8-15)13-22(14-18-11-19(18,20)21)12-16-5-3-2-4-6-16/h2-10,18H,11-14H2,1H3. The van der Waals surface area contributed by atoms with Gasteiger partial charge < -0.3 is 0 Å². The van der Waals surface area contributed by atoms with E-state index in [2.05, 4.69) is 66.4 Å². The highest BCUT2D eigenvalue weighted by Gasteiger charge is 2.51. The van der Waals surface area contributed by atoms with E-state index >= 15 is 0 Å². The molecule has 1 nitrogen and oxygen atoms in total. The minimum Gasteiger partial charge on any atom is -0.294 e. The third kappa shape index (κ3) is 4.25. The topological polar surface area (TPSA) is 3.24 Å². The van der Waals surface area contributed by atoms with Crippen LogP contribution in [0.4, 0.5) is 0 Å². The van der Waals surface area contributed by atoms with Crippen molar-refractivity contribution in [1.29, 1.82) is 0 Å². The second-order valence-corrected chi connectivity index (χ2v) is 7.85. The molecule has 1 aliphatic carbocycles. The molecule has 1 fully saturated rings. The molecule has 2 aromatic rings. The molecule has 1 saturated carbocycles. The molecule has 1 atom stereocenters. The van der Waals surface area contributed by atoms with Crippen LogP contribution in [0.5, 0.6) is 0 Å². The minimum absolute atomic E-state index is 0.380. The number of benzene rings is 2. The average Bonchev–Trinajstić information content (AvgIpc) is 3.09. The van der Waals surface area contributed by atoms with Gasteiger partial charge in [-0.1, -0.05) is 60.2 Å². The summed E-state index contributed by atoms with van der Waals surface area (Å²) in [5.74, 6) is 0.380. The Bertz CT molecular complexity index is 607. The highest BCUT2D eigenvalue weighted by atomic mass is 35.5. The Kier molecular flexibility index (Phi) is 4.77. The van der Waals surface area contributed by atoms with Crippen molar-refractivity contribution in [1.82, 2.24) is 4.90 Å². The van der Waals surface area contributed by atoms with E-state index in [4.69, 9.17) is 23.2 Å². The first kappa shape index (κ1) is 15.9. The van der Waals surface area contributed by atoms with Crippen LogP contribution in [0.15, 0.2) is 54.6 Å². The molecule has 3 rings (SSSR count). The van der Waals surface area contributed by atoms with Gasteiger partial charge in [0.05, 0.1) is 0 Å². The van der Waals surface area contributed by atoms with Crippen LogP contribution in [0, 0.1) is 12.8 Å². The third-order valence-electron chi connectivity index (χ3n) is 4.21. The summed E-state index contributed by atoms with van der Waals surface area (Å²) in [5, 5.41) is 0. The zero-order valence-corrected chi connectivity index (χ0v) is 14.3. The Balaban J connectivity index is 1.69. The summed E-state index contributed by atoms with van der Waals surface area (Å²) in [7, 11) is 0. The van der Waals surface area contributed by atoms with Crippen LogP contribution < -0.4 is 0 Å². The molecule has 0 bridgehead atoms. The maximum atomic E-state index is 6.22. The fourth-order valence-corrected chi connectivity index (χ4v) is 3.27. The second kappa shape index (κ2) is 6.62.